The fourth-order valence-corrected chi connectivity index (χ4v) is 1.95. The first-order valence-electron chi connectivity index (χ1n) is 9.00. The molecule has 0 bridgehead atoms. The van der Waals surface area contributed by atoms with Crippen molar-refractivity contribution in [1.29, 1.82) is 0 Å². The number of ether oxygens (including phenoxy) is 3. The molecular formula is C21H28O6. The van der Waals surface area contributed by atoms with Crippen LogP contribution in [0.3, 0.4) is 0 Å². The molecule has 1 N–H and O–H groups in total. The monoisotopic (exact) mass is 376 g/mol. The van der Waals surface area contributed by atoms with Crippen LogP contribution in [-0.4, -0.2) is 43.0 Å². The van der Waals surface area contributed by atoms with E-state index >= 15 is 0 Å². The lowest BCUT2D eigenvalue weighted by atomic mass is 10.2. The van der Waals surface area contributed by atoms with Gasteiger partial charge in [0.1, 0.15) is 25.1 Å². The SMILES string of the molecule is C=C(C)C(=O)OCC(O)COC(=O)/C=C/c1ccc(OCCCCC)cc1. The molecule has 6 nitrogen and oxygen atoms in total. The fraction of sp³-hybridized carbons (Fsp3) is 0.429. The molecule has 0 spiro atoms. The summed E-state index contributed by atoms with van der Waals surface area (Å²) in [4.78, 5) is 22.9. The predicted molar refractivity (Wildman–Crippen MR) is 103 cm³/mol. The average Bonchev–Trinajstić information content (AvgIpc) is 2.66. The van der Waals surface area contributed by atoms with Gasteiger partial charge < -0.3 is 19.3 Å². The van der Waals surface area contributed by atoms with Crippen molar-refractivity contribution in [2.75, 3.05) is 19.8 Å². The molecule has 0 saturated heterocycles. The van der Waals surface area contributed by atoms with Crippen LogP contribution in [0.15, 0.2) is 42.5 Å². The Hall–Kier alpha value is -2.60. The molecule has 27 heavy (non-hydrogen) atoms. The van der Waals surface area contributed by atoms with Crippen LogP contribution in [0.25, 0.3) is 6.08 Å². The molecule has 1 rings (SSSR count). The summed E-state index contributed by atoms with van der Waals surface area (Å²) in [6, 6.07) is 7.36. The zero-order chi connectivity index (χ0) is 20.1. The third-order valence-electron chi connectivity index (χ3n) is 3.48. The maximum absolute atomic E-state index is 11.7. The van der Waals surface area contributed by atoms with E-state index in [2.05, 4.69) is 13.5 Å². The number of hydrogen-bond donors (Lipinski definition) is 1. The minimum absolute atomic E-state index is 0.236. The van der Waals surface area contributed by atoms with Crippen LogP contribution in [0.4, 0.5) is 0 Å². The van der Waals surface area contributed by atoms with Crippen molar-refractivity contribution < 1.29 is 28.9 Å². The fourth-order valence-electron chi connectivity index (χ4n) is 1.95. The summed E-state index contributed by atoms with van der Waals surface area (Å²) >= 11 is 0. The highest BCUT2D eigenvalue weighted by molar-refractivity contribution is 5.87. The Labute approximate surface area is 160 Å². The molecule has 0 heterocycles. The van der Waals surface area contributed by atoms with Gasteiger partial charge in [-0.1, -0.05) is 38.5 Å². The number of esters is 2. The lowest BCUT2D eigenvalue weighted by molar-refractivity contribution is -0.146. The average molecular weight is 376 g/mol. The Kier molecular flexibility index (Phi) is 10.6. The summed E-state index contributed by atoms with van der Waals surface area (Å²) in [5.74, 6) is -0.406. The van der Waals surface area contributed by atoms with Crippen molar-refractivity contribution >= 4 is 18.0 Å². The highest BCUT2D eigenvalue weighted by Gasteiger charge is 2.11. The van der Waals surface area contributed by atoms with Crippen molar-refractivity contribution in [3.05, 3.63) is 48.1 Å². The van der Waals surface area contributed by atoms with E-state index in [0.717, 1.165) is 30.6 Å². The second kappa shape index (κ2) is 12.7. The number of unbranched alkanes of at least 4 members (excludes halogenated alkanes) is 2. The molecule has 0 fully saturated rings. The zero-order valence-corrected chi connectivity index (χ0v) is 16.0. The van der Waals surface area contributed by atoms with Crippen LogP contribution in [0.5, 0.6) is 5.75 Å². The van der Waals surface area contributed by atoms with E-state index in [9.17, 15) is 14.7 Å². The van der Waals surface area contributed by atoms with Gasteiger partial charge in [0.15, 0.2) is 0 Å². The Bertz CT molecular complexity index is 633. The van der Waals surface area contributed by atoms with Gasteiger partial charge in [0.2, 0.25) is 0 Å². The summed E-state index contributed by atoms with van der Waals surface area (Å²) in [5, 5.41) is 9.63. The van der Waals surface area contributed by atoms with Crippen molar-refractivity contribution in [3.8, 4) is 5.75 Å². The predicted octanol–water partition coefficient (Wildman–Crippen LogP) is 3.29. The van der Waals surface area contributed by atoms with Gasteiger partial charge >= 0.3 is 11.9 Å². The van der Waals surface area contributed by atoms with Crippen molar-refractivity contribution in [2.45, 2.75) is 39.2 Å². The molecule has 1 unspecified atom stereocenters. The summed E-state index contributed by atoms with van der Waals surface area (Å²) in [6.07, 6.45) is 5.12. The number of hydrogen-bond acceptors (Lipinski definition) is 6. The summed E-state index contributed by atoms with van der Waals surface area (Å²) in [6.45, 7) is 7.24. The Morgan fingerprint density at radius 3 is 2.44 bits per heavy atom. The molecule has 1 aromatic carbocycles. The number of benzene rings is 1. The highest BCUT2D eigenvalue weighted by Crippen LogP contribution is 2.14. The topological polar surface area (TPSA) is 82.1 Å². The van der Waals surface area contributed by atoms with Gasteiger partial charge in [-0.2, -0.15) is 0 Å². The van der Waals surface area contributed by atoms with Gasteiger partial charge in [0, 0.05) is 11.6 Å². The second-order valence-corrected chi connectivity index (χ2v) is 6.12. The molecule has 1 atom stereocenters. The number of rotatable bonds is 12. The zero-order valence-electron chi connectivity index (χ0n) is 16.0. The molecular weight excluding hydrogens is 348 g/mol. The molecule has 6 heteroatoms. The first-order chi connectivity index (χ1) is 12.9. The van der Waals surface area contributed by atoms with Crippen LogP contribution in [0.1, 0.15) is 38.7 Å². The maximum atomic E-state index is 11.7. The van der Waals surface area contributed by atoms with Crippen LogP contribution in [0, 0.1) is 0 Å². The van der Waals surface area contributed by atoms with Gasteiger partial charge in [0.25, 0.3) is 0 Å². The summed E-state index contributed by atoms with van der Waals surface area (Å²) < 4.78 is 15.3. The van der Waals surface area contributed by atoms with Gasteiger partial charge in [-0.3, -0.25) is 0 Å². The van der Waals surface area contributed by atoms with E-state index in [-0.39, 0.29) is 18.8 Å². The van der Waals surface area contributed by atoms with Crippen LogP contribution >= 0.6 is 0 Å². The Morgan fingerprint density at radius 2 is 1.81 bits per heavy atom. The molecule has 0 radical (unpaired) electrons. The minimum atomic E-state index is -1.09. The lowest BCUT2D eigenvalue weighted by Gasteiger charge is -2.11. The van der Waals surface area contributed by atoms with Crippen LogP contribution in [-0.2, 0) is 19.1 Å². The third kappa shape index (κ3) is 10.2. The smallest absolute Gasteiger partial charge is 0.333 e. The van der Waals surface area contributed by atoms with Gasteiger partial charge in [-0.25, -0.2) is 9.59 Å². The molecule has 0 saturated carbocycles. The quantitative estimate of drug-likeness (QED) is 0.342. The number of carbonyl (C=O) groups excluding carboxylic acids is 2. The van der Waals surface area contributed by atoms with Crippen LogP contribution in [0.2, 0.25) is 0 Å². The maximum Gasteiger partial charge on any atom is 0.333 e. The molecule has 0 aliphatic carbocycles. The largest absolute Gasteiger partial charge is 0.494 e. The summed E-state index contributed by atoms with van der Waals surface area (Å²) in [5.41, 5.74) is 1.06. The van der Waals surface area contributed by atoms with E-state index in [4.69, 9.17) is 14.2 Å². The highest BCUT2D eigenvalue weighted by atomic mass is 16.6. The molecule has 148 valence electrons. The van der Waals surface area contributed by atoms with E-state index in [1.165, 1.54) is 13.0 Å². The first-order valence-corrected chi connectivity index (χ1v) is 9.00. The van der Waals surface area contributed by atoms with Crippen LogP contribution < -0.4 is 4.74 Å². The molecule has 1 aromatic rings. The molecule has 0 amide bonds. The van der Waals surface area contributed by atoms with E-state index < -0.39 is 18.0 Å². The van der Waals surface area contributed by atoms with E-state index in [1.807, 2.05) is 24.3 Å². The Morgan fingerprint density at radius 1 is 1.15 bits per heavy atom. The first kappa shape index (κ1) is 22.4. The van der Waals surface area contributed by atoms with Crippen molar-refractivity contribution in [3.63, 3.8) is 0 Å². The van der Waals surface area contributed by atoms with Crippen molar-refractivity contribution in [2.24, 2.45) is 0 Å². The third-order valence-corrected chi connectivity index (χ3v) is 3.48. The Balaban J connectivity index is 2.31. The summed E-state index contributed by atoms with van der Waals surface area (Å²) in [7, 11) is 0. The van der Waals surface area contributed by atoms with Gasteiger partial charge in [-0.15, -0.1) is 0 Å². The molecule has 0 aliphatic rings. The van der Waals surface area contributed by atoms with Gasteiger partial charge in [-0.05, 0) is 37.1 Å². The number of carbonyl (C=O) groups is 2. The number of aliphatic hydroxyl groups is 1. The standard InChI is InChI=1S/C21H28O6/c1-4-5-6-13-25-19-10-7-17(8-11-19)9-12-20(23)26-14-18(22)15-27-21(24)16(2)3/h7-12,18,22H,2,4-6,13-15H2,1,3H3/b12-9+. The second-order valence-electron chi connectivity index (χ2n) is 6.12. The van der Waals surface area contributed by atoms with E-state index in [1.54, 1.807) is 6.08 Å². The molecule has 0 aliphatic heterocycles. The van der Waals surface area contributed by atoms with E-state index in [0.29, 0.717) is 6.61 Å². The molecule has 0 aromatic heterocycles. The normalized spacial score (nSPS) is 11.8. The van der Waals surface area contributed by atoms with Gasteiger partial charge in [0.05, 0.1) is 6.61 Å². The minimum Gasteiger partial charge on any atom is -0.494 e. The van der Waals surface area contributed by atoms with Crippen molar-refractivity contribution in [1.82, 2.24) is 0 Å². The number of aliphatic hydroxyl groups excluding tert-OH is 1. The lowest BCUT2D eigenvalue weighted by Crippen LogP contribution is -2.25.